The Morgan fingerprint density at radius 1 is 1.22 bits per heavy atom. The number of methoxy groups -OCH3 is 1. The van der Waals surface area contributed by atoms with Crippen LogP contribution in [-0.2, 0) is 11.2 Å². The van der Waals surface area contributed by atoms with E-state index < -0.39 is 0 Å². The molecule has 0 bridgehead atoms. The lowest BCUT2D eigenvalue weighted by molar-refractivity contribution is -0.131. The number of carbonyl (C=O) groups is 1. The van der Waals surface area contributed by atoms with Crippen LogP contribution in [0.1, 0.15) is 30.1 Å². The average Bonchev–Trinajstić information content (AvgIpc) is 3.29. The first-order valence-electron chi connectivity index (χ1n) is 10.7. The number of amides is 1. The third kappa shape index (κ3) is 4.56. The summed E-state index contributed by atoms with van der Waals surface area (Å²) in [5.74, 6) is 1.07. The molecule has 1 aromatic heterocycles. The molecule has 1 saturated heterocycles. The zero-order chi connectivity index (χ0) is 22.7. The van der Waals surface area contributed by atoms with E-state index in [0.29, 0.717) is 18.9 Å². The molecule has 2 aromatic carbocycles. The second-order valence-corrected chi connectivity index (χ2v) is 8.14. The molecule has 1 aliphatic heterocycles. The van der Waals surface area contributed by atoms with Crippen molar-refractivity contribution in [2.24, 2.45) is 0 Å². The van der Waals surface area contributed by atoms with Crippen molar-refractivity contribution in [3.8, 4) is 16.9 Å². The van der Waals surface area contributed by atoms with Gasteiger partial charge in [0.1, 0.15) is 11.6 Å². The molecule has 1 fully saturated rings. The molecule has 0 aliphatic carbocycles. The fourth-order valence-corrected chi connectivity index (χ4v) is 4.11. The predicted octanol–water partition coefficient (Wildman–Crippen LogP) is 4.26. The van der Waals surface area contributed by atoms with Gasteiger partial charge in [0, 0.05) is 32.4 Å². The van der Waals surface area contributed by atoms with Crippen LogP contribution < -0.4 is 9.64 Å². The molecule has 0 spiro atoms. The van der Waals surface area contributed by atoms with Crippen LogP contribution in [0.15, 0.2) is 54.7 Å². The van der Waals surface area contributed by atoms with Gasteiger partial charge in [0.05, 0.1) is 25.3 Å². The number of rotatable bonds is 6. The largest absolute Gasteiger partial charge is 0.497 e. The number of carbonyl (C=O) groups excluding carboxylic acids is 1. The monoisotopic (exact) mass is 434 g/mol. The number of ether oxygens (including phenoxy) is 1. The Balaban J connectivity index is 1.68. The van der Waals surface area contributed by atoms with E-state index in [0.717, 1.165) is 41.0 Å². The second kappa shape index (κ2) is 9.34. The Kier molecular flexibility index (Phi) is 6.35. The standard InChI is InChI=1S/C25H27FN4O2/c1-29(2)25-27-16-21(18-9-11-19(26)12-10-18)24(28-25)22-8-5-13-30(22)23(31)15-17-6-4-7-20(14-17)32-3/h4,6-7,9-12,14,16,22H,5,8,13,15H2,1-3H3. The number of likely N-dealkylation sites (tertiary alicyclic amines) is 1. The van der Waals surface area contributed by atoms with Gasteiger partial charge >= 0.3 is 0 Å². The molecule has 1 aliphatic rings. The van der Waals surface area contributed by atoms with Crippen LogP contribution in [0.5, 0.6) is 5.75 Å². The molecule has 4 rings (SSSR count). The lowest BCUT2D eigenvalue weighted by Gasteiger charge is -2.27. The molecule has 0 N–H and O–H groups in total. The van der Waals surface area contributed by atoms with Crippen molar-refractivity contribution in [1.82, 2.24) is 14.9 Å². The summed E-state index contributed by atoms with van der Waals surface area (Å²) in [7, 11) is 5.39. The molecule has 2 heterocycles. The zero-order valence-corrected chi connectivity index (χ0v) is 18.6. The minimum atomic E-state index is -0.294. The summed E-state index contributed by atoms with van der Waals surface area (Å²) in [5.41, 5.74) is 3.36. The van der Waals surface area contributed by atoms with Crippen LogP contribution in [-0.4, -0.2) is 48.5 Å². The second-order valence-electron chi connectivity index (χ2n) is 8.14. The van der Waals surface area contributed by atoms with Crippen molar-refractivity contribution in [1.29, 1.82) is 0 Å². The van der Waals surface area contributed by atoms with Crippen LogP contribution in [0.3, 0.4) is 0 Å². The molecule has 3 aromatic rings. The average molecular weight is 435 g/mol. The van der Waals surface area contributed by atoms with E-state index in [1.54, 1.807) is 25.4 Å². The summed E-state index contributed by atoms with van der Waals surface area (Å²) in [6.07, 6.45) is 3.79. The topological polar surface area (TPSA) is 58.6 Å². The molecule has 1 amide bonds. The first-order chi connectivity index (χ1) is 15.5. The highest BCUT2D eigenvalue weighted by molar-refractivity contribution is 5.80. The van der Waals surface area contributed by atoms with E-state index in [1.807, 2.05) is 48.2 Å². The maximum atomic E-state index is 13.5. The van der Waals surface area contributed by atoms with Crippen molar-refractivity contribution in [2.75, 3.05) is 32.6 Å². The first-order valence-corrected chi connectivity index (χ1v) is 10.7. The lowest BCUT2D eigenvalue weighted by atomic mass is 9.99. The van der Waals surface area contributed by atoms with E-state index in [2.05, 4.69) is 4.98 Å². The number of halogens is 1. The zero-order valence-electron chi connectivity index (χ0n) is 18.6. The number of hydrogen-bond acceptors (Lipinski definition) is 5. The Hall–Kier alpha value is -3.48. The van der Waals surface area contributed by atoms with E-state index >= 15 is 0 Å². The van der Waals surface area contributed by atoms with Crippen molar-refractivity contribution in [2.45, 2.75) is 25.3 Å². The maximum Gasteiger partial charge on any atom is 0.227 e. The molecule has 1 atom stereocenters. The summed E-state index contributed by atoms with van der Waals surface area (Å²) in [6.45, 7) is 0.678. The Labute approximate surface area is 187 Å². The minimum Gasteiger partial charge on any atom is -0.497 e. The fraction of sp³-hybridized carbons (Fsp3) is 0.320. The van der Waals surface area contributed by atoms with Crippen molar-refractivity contribution >= 4 is 11.9 Å². The van der Waals surface area contributed by atoms with Crippen LogP contribution >= 0.6 is 0 Å². The summed E-state index contributed by atoms with van der Waals surface area (Å²) >= 11 is 0. The minimum absolute atomic E-state index is 0.0517. The molecule has 7 heteroatoms. The van der Waals surface area contributed by atoms with Gasteiger partial charge in [-0.05, 0) is 48.2 Å². The Morgan fingerprint density at radius 2 is 2.00 bits per heavy atom. The number of nitrogens with zero attached hydrogens (tertiary/aromatic N) is 4. The highest BCUT2D eigenvalue weighted by Gasteiger charge is 2.33. The number of hydrogen-bond donors (Lipinski definition) is 0. The molecular weight excluding hydrogens is 407 g/mol. The normalized spacial score (nSPS) is 15.6. The molecule has 6 nitrogen and oxygen atoms in total. The highest BCUT2D eigenvalue weighted by Crippen LogP contribution is 2.37. The van der Waals surface area contributed by atoms with Crippen molar-refractivity contribution < 1.29 is 13.9 Å². The Bertz CT molecular complexity index is 1100. The molecule has 1 unspecified atom stereocenters. The summed E-state index contributed by atoms with van der Waals surface area (Å²) < 4.78 is 18.8. The highest BCUT2D eigenvalue weighted by atomic mass is 19.1. The molecule has 0 saturated carbocycles. The quantitative estimate of drug-likeness (QED) is 0.580. The SMILES string of the molecule is COc1cccc(CC(=O)N2CCCC2c2nc(N(C)C)ncc2-c2ccc(F)cc2)c1. The van der Waals surface area contributed by atoms with Crippen molar-refractivity contribution in [3.63, 3.8) is 0 Å². The third-order valence-corrected chi connectivity index (χ3v) is 5.74. The van der Waals surface area contributed by atoms with Crippen molar-refractivity contribution in [3.05, 3.63) is 71.8 Å². The van der Waals surface area contributed by atoms with E-state index in [9.17, 15) is 9.18 Å². The Morgan fingerprint density at radius 3 is 2.72 bits per heavy atom. The van der Waals surface area contributed by atoms with E-state index in [1.165, 1.54) is 12.1 Å². The van der Waals surface area contributed by atoms with Gasteiger partial charge in [-0.25, -0.2) is 14.4 Å². The first kappa shape index (κ1) is 21.7. The van der Waals surface area contributed by atoms with Gasteiger partial charge in [0.25, 0.3) is 0 Å². The van der Waals surface area contributed by atoms with Gasteiger partial charge in [0.2, 0.25) is 11.9 Å². The fourth-order valence-electron chi connectivity index (χ4n) is 4.11. The van der Waals surface area contributed by atoms with Gasteiger partial charge in [-0.1, -0.05) is 24.3 Å². The van der Waals surface area contributed by atoms with Crippen LogP contribution in [0, 0.1) is 5.82 Å². The third-order valence-electron chi connectivity index (χ3n) is 5.74. The van der Waals surface area contributed by atoms with Crippen LogP contribution in [0.25, 0.3) is 11.1 Å². The summed E-state index contributed by atoms with van der Waals surface area (Å²) in [5, 5.41) is 0. The van der Waals surface area contributed by atoms with E-state index in [-0.39, 0.29) is 17.8 Å². The van der Waals surface area contributed by atoms with Crippen LogP contribution in [0.4, 0.5) is 10.3 Å². The number of anilines is 1. The smallest absolute Gasteiger partial charge is 0.227 e. The summed E-state index contributed by atoms with van der Waals surface area (Å²) in [6, 6.07) is 13.7. The molecular formula is C25H27FN4O2. The van der Waals surface area contributed by atoms with Gasteiger partial charge in [0.15, 0.2) is 0 Å². The van der Waals surface area contributed by atoms with Gasteiger partial charge in [-0.2, -0.15) is 0 Å². The molecule has 166 valence electrons. The van der Waals surface area contributed by atoms with Gasteiger partial charge in [-0.3, -0.25) is 4.79 Å². The number of aromatic nitrogens is 2. The number of benzene rings is 2. The molecule has 0 radical (unpaired) electrons. The molecule has 32 heavy (non-hydrogen) atoms. The summed E-state index contributed by atoms with van der Waals surface area (Å²) in [4.78, 5) is 26.3. The maximum absolute atomic E-state index is 13.5. The predicted molar refractivity (Wildman–Crippen MR) is 122 cm³/mol. The van der Waals surface area contributed by atoms with E-state index in [4.69, 9.17) is 9.72 Å². The van der Waals surface area contributed by atoms with Crippen LogP contribution in [0.2, 0.25) is 0 Å². The lowest BCUT2D eigenvalue weighted by Crippen LogP contribution is -2.32. The van der Waals surface area contributed by atoms with Gasteiger partial charge in [-0.15, -0.1) is 0 Å². The van der Waals surface area contributed by atoms with Gasteiger partial charge < -0.3 is 14.5 Å².